The third-order valence-corrected chi connectivity index (χ3v) is 3.93. The summed E-state index contributed by atoms with van der Waals surface area (Å²) in [6.45, 7) is 0.818. The Morgan fingerprint density at radius 3 is 2.72 bits per heavy atom. The van der Waals surface area contributed by atoms with Gasteiger partial charge in [0, 0.05) is 6.54 Å². The summed E-state index contributed by atoms with van der Waals surface area (Å²) in [7, 11) is -1.65. The van der Waals surface area contributed by atoms with Gasteiger partial charge in [-0.3, -0.25) is 4.98 Å². The van der Waals surface area contributed by atoms with Gasteiger partial charge in [0.1, 0.15) is 6.10 Å². The summed E-state index contributed by atoms with van der Waals surface area (Å²) < 4.78 is 34.6. The zero-order valence-electron chi connectivity index (χ0n) is 10.2. The van der Waals surface area contributed by atoms with Crippen LogP contribution in [0.4, 0.5) is 0 Å². The average molecular weight is 273 g/mol. The molecule has 1 aliphatic heterocycles. The van der Waals surface area contributed by atoms with Gasteiger partial charge in [0.25, 0.3) is 0 Å². The first-order valence-electron chi connectivity index (χ1n) is 5.47. The molecule has 0 aromatic carbocycles. The van der Waals surface area contributed by atoms with Gasteiger partial charge in [-0.1, -0.05) is 0 Å². The summed E-state index contributed by atoms with van der Waals surface area (Å²) in [5.74, 6) is 0.708. The standard InChI is InChI=1S/C10H15N3O4S/c1-16-9-5-11-6-10(12-9)17-8-3-4-13(7-8)18(2,14)15/h5-6,8H,3-4,7H2,1-2H3/t8-/m0/s1. The lowest BCUT2D eigenvalue weighted by Crippen LogP contribution is -2.30. The molecule has 1 aromatic heterocycles. The molecule has 1 aromatic rings. The van der Waals surface area contributed by atoms with E-state index in [9.17, 15) is 8.42 Å². The first kappa shape index (κ1) is 13.0. The van der Waals surface area contributed by atoms with Crippen LogP contribution in [0.5, 0.6) is 11.8 Å². The number of hydrogen-bond donors (Lipinski definition) is 0. The van der Waals surface area contributed by atoms with E-state index in [-0.39, 0.29) is 6.10 Å². The van der Waals surface area contributed by atoms with Crippen LogP contribution in [0.2, 0.25) is 0 Å². The third-order valence-electron chi connectivity index (χ3n) is 2.66. The van der Waals surface area contributed by atoms with E-state index in [1.165, 1.54) is 30.1 Å². The molecule has 1 aliphatic rings. The summed E-state index contributed by atoms with van der Waals surface area (Å²) in [5.41, 5.74) is 0. The molecule has 0 aliphatic carbocycles. The Hall–Kier alpha value is -1.41. The van der Waals surface area contributed by atoms with Gasteiger partial charge >= 0.3 is 0 Å². The molecule has 2 rings (SSSR count). The lowest BCUT2D eigenvalue weighted by atomic mass is 10.3. The molecule has 8 heteroatoms. The summed E-state index contributed by atoms with van der Waals surface area (Å²) in [4.78, 5) is 7.99. The van der Waals surface area contributed by atoms with E-state index in [1.807, 2.05) is 0 Å². The van der Waals surface area contributed by atoms with Gasteiger partial charge in [-0.25, -0.2) is 8.42 Å². The van der Waals surface area contributed by atoms with Gasteiger partial charge in [-0.15, -0.1) is 0 Å². The van der Waals surface area contributed by atoms with Crippen LogP contribution in [0.1, 0.15) is 6.42 Å². The molecule has 2 heterocycles. The van der Waals surface area contributed by atoms with Crippen molar-refractivity contribution < 1.29 is 17.9 Å². The number of rotatable bonds is 4. The normalized spacial score (nSPS) is 20.9. The molecule has 0 bridgehead atoms. The largest absolute Gasteiger partial charge is 0.480 e. The number of sulfonamides is 1. The maximum atomic E-state index is 11.4. The molecule has 1 saturated heterocycles. The number of ether oxygens (including phenoxy) is 2. The van der Waals surface area contributed by atoms with Crippen molar-refractivity contribution in [3.63, 3.8) is 0 Å². The van der Waals surface area contributed by atoms with Crippen LogP contribution in [0, 0.1) is 0 Å². The molecule has 0 spiro atoms. The molecule has 7 nitrogen and oxygen atoms in total. The minimum atomic E-state index is -3.15. The van der Waals surface area contributed by atoms with Crippen LogP contribution in [0.15, 0.2) is 12.4 Å². The van der Waals surface area contributed by atoms with Crippen molar-refractivity contribution >= 4 is 10.0 Å². The van der Waals surface area contributed by atoms with Crippen molar-refractivity contribution in [1.82, 2.24) is 14.3 Å². The van der Waals surface area contributed by atoms with Crippen LogP contribution in [0.3, 0.4) is 0 Å². The van der Waals surface area contributed by atoms with Gasteiger partial charge in [0.2, 0.25) is 21.8 Å². The Morgan fingerprint density at radius 2 is 2.11 bits per heavy atom. The Balaban J connectivity index is 1.99. The minimum absolute atomic E-state index is 0.193. The highest BCUT2D eigenvalue weighted by atomic mass is 32.2. The third kappa shape index (κ3) is 3.08. The van der Waals surface area contributed by atoms with Crippen LogP contribution in [0.25, 0.3) is 0 Å². The van der Waals surface area contributed by atoms with Crippen molar-refractivity contribution in [3.05, 3.63) is 12.4 Å². The van der Waals surface area contributed by atoms with Crippen molar-refractivity contribution in [2.24, 2.45) is 0 Å². The topological polar surface area (TPSA) is 81.6 Å². The van der Waals surface area contributed by atoms with Crippen molar-refractivity contribution in [1.29, 1.82) is 0 Å². The minimum Gasteiger partial charge on any atom is -0.480 e. The molecule has 100 valence electrons. The molecule has 0 unspecified atom stereocenters. The Bertz CT molecular complexity index is 520. The molecular weight excluding hydrogens is 258 g/mol. The monoisotopic (exact) mass is 273 g/mol. The molecule has 0 amide bonds. The number of nitrogens with zero attached hydrogens (tertiary/aromatic N) is 3. The second-order valence-electron chi connectivity index (χ2n) is 4.05. The van der Waals surface area contributed by atoms with Crippen molar-refractivity contribution in [2.75, 3.05) is 26.5 Å². The maximum Gasteiger partial charge on any atom is 0.235 e. The first-order valence-corrected chi connectivity index (χ1v) is 7.31. The zero-order chi connectivity index (χ0) is 13.2. The second kappa shape index (κ2) is 5.07. The van der Waals surface area contributed by atoms with Crippen LogP contribution in [-0.4, -0.2) is 55.3 Å². The predicted octanol–water partition coefficient (Wildman–Crippen LogP) is -0.102. The van der Waals surface area contributed by atoms with E-state index in [4.69, 9.17) is 9.47 Å². The lowest BCUT2D eigenvalue weighted by Gasteiger charge is -2.14. The van der Waals surface area contributed by atoms with E-state index < -0.39 is 10.0 Å². The molecule has 1 fully saturated rings. The summed E-state index contributed by atoms with van der Waals surface area (Å²) in [5, 5.41) is 0. The lowest BCUT2D eigenvalue weighted by molar-refractivity contribution is 0.203. The molecule has 18 heavy (non-hydrogen) atoms. The van der Waals surface area contributed by atoms with E-state index in [0.717, 1.165) is 0 Å². The molecule has 0 N–H and O–H groups in total. The fourth-order valence-corrected chi connectivity index (χ4v) is 2.63. The molecule has 1 atom stereocenters. The Kier molecular flexibility index (Phi) is 3.67. The summed E-state index contributed by atoms with van der Waals surface area (Å²) in [6.07, 6.45) is 4.60. The zero-order valence-corrected chi connectivity index (χ0v) is 11.1. The van der Waals surface area contributed by atoms with E-state index >= 15 is 0 Å². The quantitative estimate of drug-likeness (QED) is 0.762. The Labute approximate surface area is 106 Å². The van der Waals surface area contributed by atoms with Crippen LogP contribution in [-0.2, 0) is 10.0 Å². The smallest absolute Gasteiger partial charge is 0.235 e. The van der Waals surface area contributed by atoms with E-state index in [1.54, 1.807) is 0 Å². The highest BCUT2D eigenvalue weighted by Crippen LogP contribution is 2.19. The van der Waals surface area contributed by atoms with Crippen molar-refractivity contribution in [2.45, 2.75) is 12.5 Å². The van der Waals surface area contributed by atoms with E-state index in [2.05, 4.69) is 9.97 Å². The predicted molar refractivity (Wildman–Crippen MR) is 64.0 cm³/mol. The number of aromatic nitrogens is 2. The maximum absolute atomic E-state index is 11.4. The first-order chi connectivity index (χ1) is 8.49. The molecule has 0 radical (unpaired) electrons. The Morgan fingerprint density at radius 1 is 1.39 bits per heavy atom. The second-order valence-corrected chi connectivity index (χ2v) is 6.03. The molecule has 0 saturated carbocycles. The number of methoxy groups -OCH3 is 1. The fourth-order valence-electron chi connectivity index (χ4n) is 1.75. The van der Waals surface area contributed by atoms with Gasteiger partial charge in [0.15, 0.2) is 0 Å². The number of hydrogen-bond acceptors (Lipinski definition) is 6. The SMILES string of the molecule is COc1cncc(O[C@H]2CCN(S(C)(=O)=O)C2)n1. The highest BCUT2D eigenvalue weighted by molar-refractivity contribution is 7.88. The average Bonchev–Trinajstić information content (AvgIpc) is 2.77. The summed E-state index contributed by atoms with van der Waals surface area (Å²) in [6, 6.07) is 0. The van der Waals surface area contributed by atoms with Gasteiger partial charge in [-0.2, -0.15) is 9.29 Å². The van der Waals surface area contributed by atoms with Gasteiger partial charge in [-0.05, 0) is 6.42 Å². The summed E-state index contributed by atoms with van der Waals surface area (Å²) >= 11 is 0. The molecular formula is C10H15N3O4S. The highest BCUT2D eigenvalue weighted by Gasteiger charge is 2.30. The van der Waals surface area contributed by atoms with Crippen molar-refractivity contribution in [3.8, 4) is 11.8 Å². The van der Waals surface area contributed by atoms with Crippen LogP contribution >= 0.6 is 0 Å². The fraction of sp³-hybridized carbons (Fsp3) is 0.600. The van der Waals surface area contributed by atoms with Gasteiger partial charge < -0.3 is 9.47 Å². The van der Waals surface area contributed by atoms with Gasteiger partial charge in [0.05, 0.1) is 32.3 Å². The van der Waals surface area contributed by atoms with Crippen LogP contribution < -0.4 is 9.47 Å². The van der Waals surface area contributed by atoms with E-state index in [0.29, 0.717) is 31.3 Å².